The lowest BCUT2D eigenvalue weighted by atomic mass is 10.00. The zero-order valence-electron chi connectivity index (χ0n) is 18.1. The van der Waals surface area contributed by atoms with E-state index in [9.17, 15) is 4.79 Å². The maximum atomic E-state index is 12.3. The number of carbonyl (C=O) groups is 1. The maximum Gasteiger partial charge on any atom is 0.256 e. The first-order chi connectivity index (χ1) is 16.0. The number of nitrogens with one attached hydrogen (secondary N) is 2. The van der Waals surface area contributed by atoms with Crippen LogP contribution in [-0.2, 0) is 9.47 Å². The van der Waals surface area contributed by atoms with Gasteiger partial charge in [0.1, 0.15) is 0 Å². The highest BCUT2D eigenvalue weighted by atomic mass is 35.5. The Labute approximate surface area is 204 Å². The second-order valence-electron chi connectivity index (χ2n) is 7.96. The Balaban J connectivity index is 1.35. The molecule has 0 radical (unpaired) electrons. The van der Waals surface area contributed by atoms with Crippen LogP contribution in [0.4, 0.5) is 0 Å². The summed E-state index contributed by atoms with van der Waals surface area (Å²) in [5, 5.41) is 7.00. The minimum absolute atomic E-state index is 0.0194. The molecule has 0 spiro atoms. The highest BCUT2D eigenvalue weighted by Gasteiger charge is 2.43. The molecule has 2 aliphatic heterocycles. The zero-order chi connectivity index (χ0) is 23.2. The molecular formula is C25H26ClN3O3S. The number of benzene rings is 2. The molecule has 4 unspecified atom stereocenters. The van der Waals surface area contributed by atoms with E-state index in [2.05, 4.69) is 17.2 Å². The predicted molar refractivity (Wildman–Crippen MR) is 134 cm³/mol. The van der Waals surface area contributed by atoms with Gasteiger partial charge in [0.2, 0.25) is 0 Å². The molecule has 172 valence electrons. The van der Waals surface area contributed by atoms with Gasteiger partial charge in [-0.2, -0.15) is 0 Å². The first-order valence-electron chi connectivity index (χ1n) is 10.9. The molecule has 2 aliphatic rings. The minimum Gasteiger partial charge on any atom is -0.345 e. The first kappa shape index (κ1) is 23.7. The number of rotatable bonds is 10. The summed E-state index contributed by atoms with van der Waals surface area (Å²) < 4.78 is 11.1. The van der Waals surface area contributed by atoms with Crippen LogP contribution in [0.2, 0.25) is 5.02 Å². The number of amides is 1. The number of ether oxygens (including phenoxy) is 2. The molecule has 4 atom stereocenters. The van der Waals surface area contributed by atoms with Crippen LogP contribution in [-0.4, -0.2) is 47.8 Å². The van der Waals surface area contributed by atoms with Crippen molar-refractivity contribution in [1.82, 2.24) is 10.6 Å². The fourth-order valence-electron chi connectivity index (χ4n) is 3.80. The number of hydrogen-bond acceptors (Lipinski definition) is 6. The van der Waals surface area contributed by atoms with Crippen LogP contribution in [0.1, 0.15) is 35.2 Å². The summed E-state index contributed by atoms with van der Waals surface area (Å²) >= 11 is 11.5. The smallest absolute Gasteiger partial charge is 0.256 e. The summed E-state index contributed by atoms with van der Waals surface area (Å²) in [6.45, 7) is 4.10. The summed E-state index contributed by atoms with van der Waals surface area (Å²) in [7, 11) is 0. The number of thiocarbonyl (C=S) groups is 1. The largest absolute Gasteiger partial charge is 0.345 e. The van der Waals surface area contributed by atoms with E-state index in [1.54, 1.807) is 18.2 Å². The molecule has 0 aliphatic carbocycles. The number of halogens is 1. The topological polar surface area (TPSA) is 75.2 Å². The molecule has 8 heteroatoms. The molecule has 0 bridgehead atoms. The third kappa shape index (κ3) is 6.56. The summed E-state index contributed by atoms with van der Waals surface area (Å²) in [6.07, 6.45) is 3.39. The lowest BCUT2D eigenvalue weighted by molar-refractivity contribution is 0.0697. The van der Waals surface area contributed by atoms with Crippen molar-refractivity contribution >= 4 is 40.4 Å². The van der Waals surface area contributed by atoms with Crippen molar-refractivity contribution in [2.45, 2.75) is 43.9 Å². The Morgan fingerprint density at radius 2 is 2.00 bits per heavy atom. The number of epoxide rings is 1. The van der Waals surface area contributed by atoms with Gasteiger partial charge >= 0.3 is 0 Å². The van der Waals surface area contributed by atoms with Crippen molar-refractivity contribution in [1.29, 1.82) is 0 Å². The molecule has 6 nitrogen and oxygen atoms in total. The van der Waals surface area contributed by atoms with Crippen molar-refractivity contribution in [3.63, 3.8) is 0 Å². The first-order valence-corrected chi connectivity index (χ1v) is 11.7. The average Bonchev–Trinajstić information content (AvgIpc) is 3.44. The minimum atomic E-state index is -0.269. The van der Waals surface area contributed by atoms with Crippen LogP contribution >= 0.6 is 23.8 Å². The van der Waals surface area contributed by atoms with E-state index >= 15 is 0 Å². The standard InChI is InChI=1S/C25H26ClN3O3S/c1-2-14-31-25-24(32-25)28-20-15-19(27-22(20)16-8-10-18(26)11-9-16)12-13-21(33)29-23(30)17-6-4-3-5-7-17/h2-11,19-20,24-25,28H,1,12-15H2,(H,29,30,33). The number of aliphatic imine (C=N–C) groups is 1. The Hall–Kier alpha value is -2.42. The van der Waals surface area contributed by atoms with Gasteiger partial charge in [0.15, 0.2) is 12.5 Å². The predicted octanol–water partition coefficient (Wildman–Crippen LogP) is 4.28. The Morgan fingerprint density at radius 1 is 1.24 bits per heavy atom. The Bertz CT molecular complexity index is 1030. The van der Waals surface area contributed by atoms with Gasteiger partial charge in [-0.3, -0.25) is 15.1 Å². The molecule has 0 aromatic heterocycles. The van der Waals surface area contributed by atoms with Crippen LogP contribution in [0.25, 0.3) is 0 Å². The van der Waals surface area contributed by atoms with E-state index in [0.29, 0.717) is 28.6 Å². The summed E-state index contributed by atoms with van der Waals surface area (Å²) in [5.74, 6) is -0.187. The van der Waals surface area contributed by atoms with Crippen LogP contribution in [0.5, 0.6) is 0 Å². The van der Waals surface area contributed by atoms with E-state index in [1.807, 2.05) is 42.5 Å². The molecule has 1 saturated heterocycles. The lowest BCUT2D eigenvalue weighted by Crippen LogP contribution is -2.38. The highest BCUT2D eigenvalue weighted by Crippen LogP contribution is 2.28. The second-order valence-corrected chi connectivity index (χ2v) is 8.89. The van der Waals surface area contributed by atoms with E-state index in [-0.39, 0.29) is 30.5 Å². The SMILES string of the molecule is C=CCOC1OC1NC1CC(CCC(=S)NC(=O)c2ccccc2)N=C1c1ccc(Cl)cc1. The molecule has 2 aromatic rings. The molecule has 33 heavy (non-hydrogen) atoms. The van der Waals surface area contributed by atoms with Gasteiger partial charge < -0.3 is 14.8 Å². The number of hydrogen-bond donors (Lipinski definition) is 2. The Kier molecular flexibility index (Phi) is 8.01. The molecule has 4 rings (SSSR count). The lowest BCUT2D eigenvalue weighted by Gasteiger charge is -2.15. The van der Waals surface area contributed by atoms with E-state index in [0.717, 1.165) is 24.1 Å². The fraction of sp³-hybridized carbons (Fsp3) is 0.320. The van der Waals surface area contributed by atoms with Crippen LogP contribution in [0.3, 0.4) is 0 Å². The van der Waals surface area contributed by atoms with Crippen LogP contribution < -0.4 is 10.6 Å². The van der Waals surface area contributed by atoms with Crippen molar-refractivity contribution < 1.29 is 14.3 Å². The van der Waals surface area contributed by atoms with Crippen LogP contribution in [0.15, 0.2) is 72.2 Å². The molecule has 0 saturated carbocycles. The normalized spacial score (nSPS) is 23.6. The van der Waals surface area contributed by atoms with Gasteiger partial charge in [0, 0.05) is 17.0 Å². The molecule has 2 N–H and O–H groups in total. The molecule has 1 fully saturated rings. The highest BCUT2D eigenvalue weighted by molar-refractivity contribution is 7.80. The average molecular weight is 484 g/mol. The van der Waals surface area contributed by atoms with Crippen molar-refractivity contribution in [3.05, 3.63) is 83.4 Å². The summed E-state index contributed by atoms with van der Waals surface area (Å²) in [6, 6.07) is 16.8. The monoisotopic (exact) mass is 483 g/mol. The third-order valence-electron chi connectivity index (χ3n) is 5.49. The van der Waals surface area contributed by atoms with Gasteiger partial charge in [-0.05, 0) is 42.7 Å². The third-order valence-corrected chi connectivity index (χ3v) is 6.05. The van der Waals surface area contributed by atoms with Gasteiger partial charge in [0.25, 0.3) is 5.91 Å². The van der Waals surface area contributed by atoms with E-state index < -0.39 is 0 Å². The van der Waals surface area contributed by atoms with Gasteiger partial charge in [-0.1, -0.05) is 60.2 Å². The fourth-order valence-corrected chi connectivity index (χ4v) is 4.14. The van der Waals surface area contributed by atoms with E-state index in [4.69, 9.17) is 38.3 Å². The van der Waals surface area contributed by atoms with Crippen LogP contribution in [0, 0.1) is 0 Å². The number of carbonyl (C=O) groups excluding carboxylic acids is 1. The summed E-state index contributed by atoms with van der Waals surface area (Å²) in [5.41, 5.74) is 2.57. The maximum absolute atomic E-state index is 12.3. The van der Waals surface area contributed by atoms with Gasteiger partial charge in [-0.25, -0.2) is 0 Å². The summed E-state index contributed by atoms with van der Waals surface area (Å²) in [4.78, 5) is 17.8. The number of nitrogens with zero attached hydrogens (tertiary/aromatic N) is 1. The van der Waals surface area contributed by atoms with Gasteiger partial charge in [0.05, 0.1) is 29.4 Å². The molecule has 2 heterocycles. The quantitative estimate of drug-likeness (QED) is 0.299. The van der Waals surface area contributed by atoms with E-state index in [1.165, 1.54) is 0 Å². The van der Waals surface area contributed by atoms with Crippen molar-refractivity contribution in [3.8, 4) is 0 Å². The Morgan fingerprint density at radius 3 is 2.73 bits per heavy atom. The molecule has 1 amide bonds. The van der Waals surface area contributed by atoms with Crippen molar-refractivity contribution in [2.75, 3.05) is 6.61 Å². The molecule has 2 aromatic carbocycles. The molecular weight excluding hydrogens is 458 g/mol. The van der Waals surface area contributed by atoms with Crippen molar-refractivity contribution in [2.24, 2.45) is 4.99 Å². The second kappa shape index (κ2) is 11.1. The van der Waals surface area contributed by atoms with Gasteiger partial charge in [-0.15, -0.1) is 6.58 Å². The zero-order valence-corrected chi connectivity index (χ0v) is 19.6.